The first kappa shape index (κ1) is 22.0. The highest BCUT2D eigenvalue weighted by Gasteiger charge is 2.28. The van der Waals surface area contributed by atoms with Gasteiger partial charge in [-0.25, -0.2) is 8.42 Å². The molecular weight excluding hydrogens is 372 g/mol. The molecule has 1 amide bonds. The molecule has 0 spiro atoms. The number of rotatable bonds is 8. The molecule has 28 heavy (non-hydrogen) atoms. The summed E-state index contributed by atoms with van der Waals surface area (Å²) in [5, 5.41) is 2.90. The zero-order valence-corrected chi connectivity index (χ0v) is 18.1. The molecule has 6 heteroatoms. The first-order valence-electron chi connectivity index (χ1n) is 9.61. The number of carbonyl (C=O) groups is 1. The van der Waals surface area contributed by atoms with Gasteiger partial charge in [-0.1, -0.05) is 48.7 Å². The van der Waals surface area contributed by atoms with Crippen molar-refractivity contribution in [2.24, 2.45) is 0 Å². The second kappa shape index (κ2) is 9.24. The Kier molecular flexibility index (Phi) is 7.24. The molecule has 0 aliphatic rings. The van der Waals surface area contributed by atoms with Crippen LogP contribution < -0.4 is 9.62 Å². The zero-order chi connectivity index (χ0) is 20.9. The van der Waals surface area contributed by atoms with Crippen LogP contribution in [0, 0.1) is 20.8 Å². The molecule has 0 saturated carbocycles. The number of benzene rings is 2. The number of sulfonamides is 1. The van der Waals surface area contributed by atoms with Gasteiger partial charge in [-0.05, 0) is 57.9 Å². The molecule has 1 N–H and O–H groups in total. The number of hydrogen-bond acceptors (Lipinski definition) is 3. The van der Waals surface area contributed by atoms with E-state index in [0.717, 1.165) is 29.5 Å². The lowest BCUT2D eigenvalue weighted by Gasteiger charge is -2.26. The number of nitrogens with zero attached hydrogens (tertiary/aromatic N) is 1. The molecular formula is C22H30N2O3S. The Labute approximate surface area is 168 Å². The quantitative estimate of drug-likeness (QED) is 0.722. The summed E-state index contributed by atoms with van der Waals surface area (Å²) < 4.78 is 28.0. The Morgan fingerprint density at radius 1 is 1.04 bits per heavy atom. The Bertz CT molecular complexity index is 921. The second-order valence-electron chi connectivity index (χ2n) is 7.37. The molecule has 1 atom stereocenters. The molecule has 0 bridgehead atoms. The van der Waals surface area contributed by atoms with Crippen LogP contribution in [0.2, 0.25) is 0 Å². The van der Waals surface area contributed by atoms with Gasteiger partial charge in [0.2, 0.25) is 5.91 Å². The summed E-state index contributed by atoms with van der Waals surface area (Å²) in [7, 11) is -3.88. The van der Waals surface area contributed by atoms with Crippen molar-refractivity contribution in [2.45, 2.75) is 58.4 Å². The van der Waals surface area contributed by atoms with E-state index in [9.17, 15) is 13.2 Å². The topological polar surface area (TPSA) is 66.5 Å². The van der Waals surface area contributed by atoms with Crippen LogP contribution in [0.5, 0.6) is 0 Å². The fourth-order valence-electron chi connectivity index (χ4n) is 3.18. The van der Waals surface area contributed by atoms with Crippen LogP contribution in [0.25, 0.3) is 0 Å². The summed E-state index contributed by atoms with van der Waals surface area (Å²) in [5.41, 5.74) is 3.34. The maximum Gasteiger partial charge on any atom is 0.264 e. The van der Waals surface area contributed by atoms with E-state index in [4.69, 9.17) is 0 Å². The van der Waals surface area contributed by atoms with E-state index in [-0.39, 0.29) is 23.4 Å². The van der Waals surface area contributed by atoms with Crippen molar-refractivity contribution >= 4 is 21.6 Å². The monoisotopic (exact) mass is 402 g/mol. The van der Waals surface area contributed by atoms with Gasteiger partial charge in [-0.15, -0.1) is 0 Å². The number of anilines is 1. The largest absolute Gasteiger partial charge is 0.352 e. The van der Waals surface area contributed by atoms with Gasteiger partial charge in [0.05, 0.1) is 10.6 Å². The van der Waals surface area contributed by atoms with Crippen LogP contribution in [0.1, 0.15) is 43.4 Å². The first-order chi connectivity index (χ1) is 13.1. The van der Waals surface area contributed by atoms with Gasteiger partial charge in [0, 0.05) is 6.04 Å². The predicted molar refractivity (Wildman–Crippen MR) is 114 cm³/mol. The summed E-state index contributed by atoms with van der Waals surface area (Å²) in [4.78, 5) is 12.8. The lowest BCUT2D eigenvalue weighted by atomic mass is 10.1. The SMILES string of the molecule is CCC[C@@H](C)NC(=O)CN(c1ccc(C)cc1C)S(=O)(=O)c1ccc(C)cc1. The maximum atomic E-state index is 13.4. The highest BCUT2D eigenvalue weighted by molar-refractivity contribution is 7.92. The smallest absolute Gasteiger partial charge is 0.264 e. The summed E-state index contributed by atoms with van der Waals surface area (Å²) in [6, 6.07) is 12.2. The minimum atomic E-state index is -3.88. The molecule has 152 valence electrons. The molecule has 2 aromatic carbocycles. The third-order valence-corrected chi connectivity index (χ3v) is 6.42. The number of hydrogen-bond donors (Lipinski definition) is 1. The molecule has 2 aromatic rings. The van der Waals surface area contributed by atoms with Gasteiger partial charge in [-0.2, -0.15) is 0 Å². The van der Waals surface area contributed by atoms with E-state index in [2.05, 4.69) is 5.32 Å². The minimum Gasteiger partial charge on any atom is -0.352 e. The number of nitrogens with one attached hydrogen (secondary N) is 1. The molecule has 0 aliphatic carbocycles. The number of carbonyl (C=O) groups excluding carboxylic acids is 1. The van der Waals surface area contributed by atoms with E-state index >= 15 is 0 Å². The van der Waals surface area contributed by atoms with E-state index in [1.807, 2.05) is 46.8 Å². The predicted octanol–water partition coefficient (Wildman–Crippen LogP) is 4.11. The normalized spacial score (nSPS) is 12.5. The van der Waals surface area contributed by atoms with Gasteiger partial charge in [-0.3, -0.25) is 9.10 Å². The van der Waals surface area contributed by atoms with Gasteiger partial charge in [0.15, 0.2) is 0 Å². The molecule has 5 nitrogen and oxygen atoms in total. The maximum absolute atomic E-state index is 13.4. The molecule has 0 aliphatic heterocycles. The van der Waals surface area contributed by atoms with Crippen LogP contribution in [0.15, 0.2) is 47.4 Å². The van der Waals surface area contributed by atoms with Crippen molar-refractivity contribution < 1.29 is 13.2 Å². The number of aryl methyl sites for hydroxylation is 3. The standard InChI is InChI=1S/C22H30N2O3S/c1-6-7-19(5)23-22(25)15-24(21-13-10-17(3)14-18(21)4)28(26,27)20-11-8-16(2)9-12-20/h8-14,19H,6-7,15H2,1-5H3,(H,23,25)/t19-/m1/s1. The van der Waals surface area contributed by atoms with Gasteiger partial charge < -0.3 is 5.32 Å². The molecule has 0 aromatic heterocycles. The summed E-state index contributed by atoms with van der Waals surface area (Å²) in [6.07, 6.45) is 1.80. The fourth-order valence-corrected chi connectivity index (χ4v) is 4.66. The lowest BCUT2D eigenvalue weighted by Crippen LogP contribution is -2.43. The molecule has 2 rings (SSSR count). The second-order valence-corrected chi connectivity index (χ2v) is 9.23. The third-order valence-electron chi connectivity index (χ3n) is 4.65. The minimum absolute atomic E-state index is 0.000503. The van der Waals surface area contributed by atoms with Crippen molar-refractivity contribution in [2.75, 3.05) is 10.8 Å². The van der Waals surface area contributed by atoms with E-state index < -0.39 is 10.0 Å². The van der Waals surface area contributed by atoms with E-state index in [1.54, 1.807) is 30.3 Å². The molecule has 0 radical (unpaired) electrons. The van der Waals surface area contributed by atoms with Crippen LogP contribution in [0.4, 0.5) is 5.69 Å². The van der Waals surface area contributed by atoms with Crippen LogP contribution >= 0.6 is 0 Å². The van der Waals surface area contributed by atoms with Crippen molar-refractivity contribution in [3.05, 3.63) is 59.2 Å². The average Bonchev–Trinajstić information content (AvgIpc) is 2.60. The fraction of sp³-hybridized carbons (Fsp3) is 0.409. The summed E-state index contributed by atoms with van der Waals surface area (Å²) in [6.45, 7) is 9.44. The third kappa shape index (κ3) is 5.35. The summed E-state index contributed by atoms with van der Waals surface area (Å²) >= 11 is 0. The van der Waals surface area contributed by atoms with E-state index in [0.29, 0.717) is 5.69 Å². The van der Waals surface area contributed by atoms with Crippen molar-refractivity contribution in [3.63, 3.8) is 0 Å². The molecule has 0 unspecified atom stereocenters. The van der Waals surface area contributed by atoms with Gasteiger partial charge in [0.1, 0.15) is 6.54 Å². The zero-order valence-electron chi connectivity index (χ0n) is 17.3. The number of amides is 1. The van der Waals surface area contributed by atoms with Gasteiger partial charge >= 0.3 is 0 Å². The Morgan fingerprint density at radius 3 is 2.21 bits per heavy atom. The average molecular weight is 403 g/mol. The van der Waals surface area contributed by atoms with Crippen molar-refractivity contribution in [3.8, 4) is 0 Å². The Morgan fingerprint density at radius 2 is 1.64 bits per heavy atom. The highest BCUT2D eigenvalue weighted by Crippen LogP contribution is 2.27. The van der Waals surface area contributed by atoms with Crippen LogP contribution in [-0.2, 0) is 14.8 Å². The van der Waals surface area contributed by atoms with Gasteiger partial charge in [0.25, 0.3) is 10.0 Å². The van der Waals surface area contributed by atoms with Crippen molar-refractivity contribution in [1.82, 2.24) is 5.32 Å². The Hall–Kier alpha value is -2.34. The highest BCUT2D eigenvalue weighted by atomic mass is 32.2. The van der Waals surface area contributed by atoms with Crippen LogP contribution in [-0.4, -0.2) is 26.9 Å². The summed E-state index contributed by atoms with van der Waals surface area (Å²) in [5.74, 6) is -0.309. The van der Waals surface area contributed by atoms with Crippen LogP contribution in [0.3, 0.4) is 0 Å². The molecule has 0 heterocycles. The van der Waals surface area contributed by atoms with Crippen molar-refractivity contribution in [1.29, 1.82) is 0 Å². The molecule has 0 fully saturated rings. The Balaban J connectivity index is 2.44. The first-order valence-corrected chi connectivity index (χ1v) is 11.0. The lowest BCUT2D eigenvalue weighted by molar-refractivity contribution is -0.120. The molecule has 0 saturated heterocycles. The van der Waals surface area contributed by atoms with E-state index in [1.165, 1.54) is 4.31 Å².